The van der Waals surface area contributed by atoms with Crippen LogP contribution in [0.2, 0.25) is 0 Å². The first-order chi connectivity index (χ1) is 6.57. The Morgan fingerprint density at radius 3 is 2.14 bits per heavy atom. The van der Waals surface area contributed by atoms with E-state index in [1.54, 1.807) is 0 Å². The van der Waals surface area contributed by atoms with Gasteiger partial charge in [0.15, 0.2) is 0 Å². The van der Waals surface area contributed by atoms with Crippen LogP contribution >= 0.6 is 0 Å². The SMILES string of the molecule is CC(C)(C)N1CCC(N2CCCC2)C1. The van der Waals surface area contributed by atoms with Gasteiger partial charge in [-0.2, -0.15) is 0 Å². The van der Waals surface area contributed by atoms with Gasteiger partial charge < -0.3 is 0 Å². The van der Waals surface area contributed by atoms with E-state index in [-0.39, 0.29) is 0 Å². The average molecular weight is 196 g/mol. The number of hydrogen-bond donors (Lipinski definition) is 0. The highest BCUT2D eigenvalue weighted by Crippen LogP contribution is 2.25. The van der Waals surface area contributed by atoms with Gasteiger partial charge in [0.1, 0.15) is 0 Å². The first-order valence-electron chi connectivity index (χ1n) is 6.06. The van der Waals surface area contributed by atoms with Crippen LogP contribution in [0.15, 0.2) is 0 Å². The number of likely N-dealkylation sites (tertiary alicyclic amines) is 2. The van der Waals surface area contributed by atoms with Crippen LogP contribution in [-0.4, -0.2) is 47.6 Å². The van der Waals surface area contributed by atoms with Crippen LogP contribution in [0.3, 0.4) is 0 Å². The van der Waals surface area contributed by atoms with E-state index < -0.39 is 0 Å². The summed E-state index contributed by atoms with van der Waals surface area (Å²) in [5.74, 6) is 0. The van der Waals surface area contributed by atoms with Gasteiger partial charge in [-0.15, -0.1) is 0 Å². The van der Waals surface area contributed by atoms with E-state index in [0.29, 0.717) is 5.54 Å². The number of rotatable bonds is 1. The van der Waals surface area contributed by atoms with Gasteiger partial charge in [-0.25, -0.2) is 0 Å². The zero-order valence-corrected chi connectivity index (χ0v) is 9.92. The highest BCUT2D eigenvalue weighted by atomic mass is 15.3. The molecule has 2 rings (SSSR count). The molecule has 2 heterocycles. The number of hydrogen-bond acceptors (Lipinski definition) is 2. The van der Waals surface area contributed by atoms with Crippen molar-refractivity contribution in [2.75, 3.05) is 26.2 Å². The molecule has 1 atom stereocenters. The summed E-state index contributed by atoms with van der Waals surface area (Å²) in [6.45, 7) is 12.3. The normalized spacial score (nSPS) is 31.5. The highest BCUT2D eigenvalue weighted by molar-refractivity contribution is 4.90. The molecule has 2 fully saturated rings. The van der Waals surface area contributed by atoms with Crippen LogP contribution in [0, 0.1) is 0 Å². The van der Waals surface area contributed by atoms with Crippen molar-refractivity contribution >= 4 is 0 Å². The van der Waals surface area contributed by atoms with Crippen molar-refractivity contribution in [1.29, 1.82) is 0 Å². The molecule has 0 radical (unpaired) electrons. The summed E-state index contributed by atoms with van der Waals surface area (Å²) in [6, 6.07) is 0.858. The first kappa shape index (κ1) is 10.4. The molecule has 1 unspecified atom stereocenters. The van der Waals surface area contributed by atoms with Crippen molar-refractivity contribution in [3.63, 3.8) is 0 Å². The Morgan fingerprint density at radius 1 is 1.00 bits per heavy atom. The molecule has 2 aliphatic heterocycles. The fraction of sp³-hybridized carbons (Fsp3) is 1.00. The predicted octanol–water partition coefficient (Wildman–Crippen LogP) is 1.96. The largest absolute Gasteiger partial charge is 0.299 e. The fourth-order valence-corrected chi connectivity index (χ4v) is 2.76. The average Bonchev–Trinajstić information content (AvgIpc) is 2.73. The van der Waals surface area contributed by atoms with Crippen LogP contribution in [0.25, 0.3) is 0 Å². The molecule has 14 heavy (non-hydrogen) atoms. The van der Waals surface area contributed by atoms with Gasteiger partial charge in [-0.3, -0.25) is 9.80 Å². The second-order valence-electron chi connectivity index (χ2n) is 5.80. The zero-order chi connectivity index (χ0) is 10.2. The minimum absolute atomic E-state index is 0.370. The van der Waals surface area contributed by atoms with Crippen LogP contribution in [-0.2, 0) is 0 Å². The first-order valence-corrected chi connectivity index (χ1v) is 6.06. The molecule has 2 aliphatic rings. The van der Waals surface area contributed by atoms with Crippen LogP contribution in [0.4, 0.5) is 0 Å². The van der Waals surface area contributed by atoms with Gasteiger partial charge in [-0.1, -0.05) is 0 Å². The van der Waals surface area contributed by atoms with E-state index in [1.807, 2.05) is 0 Å². The molecule has 0 bridgehead atoms. The summed E-state index contributed by atoms with van der Waals surface area (Å²) >= 11 is 0. The van der Waals surface area contributed by atoms with Crippen molar-refractivity contribution in [2.45, 2.75) is 51.6 Å². The lowest BCUT2D eigenvalue weighted by molar-refractivity contribution is 0.153. The van der Waals surface area contributed by atoms with Crippen LogP contribution in [0.5, 0.6) is 0 Å². The fourth-order valence-electron chi connectivity index (χ4n) is 2.76. The predicted molar refractivity (Wildman–Crippen MR) is 60.5 cm³/mol. The summed E-state index contributed by atoms with van der Waals surface area (Å²) in [4.78, 5) is 5.34. The lowest BCUT2D eigenvalue weighted by Crippen LogP contribution is -2.42. The van der Waals surface area contributed by atoms with Crippen molar-refractivity contribution in [3.8, 4) is 0 Å². The summed E-state index contributed by atoms with van der Waals surface area (Å²) in [6.07, 6.45) is 4.23. The zero-order valence-electron chi connectivity index (χ0n) is 9.92. The van der Waals surface area contributed by atoms with Gasteiger partial charge in [-0.05, 0) is 53.1 Å². The van der Waals surface area contributed by atoms with E-state index in [2.05, 4.69) is 30.6 Å². The smallest absolute Gasteiger partial charge is 0.0235 e. The van der Waals surface area contributed by atoms with Crippen molar-refractivity contribution in [1.82, 2.24) is 9.80 Å². The molecule has 0 aromatic rings. The maximum atomic E-state index is 2.70. The monoisotopic (exact) mass is 196 g/mol. The second kappa shape index (κ2) is 3.82. The summed E-state index contributed by atoms with van der Waals surface area (Å²) in [7, 11) is 0. The Labute approximate surface area is 88.3 Å². The maximum Gasteiger partial charge on any atom is 0.0235 e. The summed E-state index contributed by atoms with van der Waals surface area (Å²) in [5, 5.41) is 0. The molecule has 2 saturated heterocycles. The van der Waals surface area contributed by atoms with Crippen molar-refractivity contribution in [3.05, 3.63) is 0 Å². The minimum atomic E-state index is 0.370. The molecule has 0 aromatic heterocycles. The van der Waals surface area contributed by atoms with Gasteiger partial charge in [0.2, 0.25) is 0 Å². The van der Waals surface area contributed by atoms with E-state index in [9.17, 15) is 0 Å². The minimum Gasteiger partial charge on any atom is -0.299 e. The van der Waals surface area contributed by atoms with E-state index in [1.165, 1.54) is 45.4 Å². The molecule has 0 N–H and O–H groups in total. The molecule has 0 spiro atoms. The summed E-state index contributed by atoms with van der Waals surface area (Å²) < 4.78 is 0. The molecule has 0 amide bonds. The Morgan fingerprint density at radius 2 is 1.64 bits per heavy atom. The molecule has 0 aromatic carbocycles. The molecule has 0 saturated carbocycles. The lowest BCUT2D eigenvalue weighted by Gasteiger charge is -2.32. The van der Waals surface area contributed by atoms with Gasteiger partial charge in [0.25, 0.3) is 0 Å². The third-order valence-corrected chi connectivity index (χ3v) is 3.77. The van der Waals surface area contributed by atoms with Crippen molar-refractivity contribution in [2.24, 2.45) is 0 Å². The third kappa shape index (κ3) is 2.12. The molecule has 82 valence electrons. The molecule has 0 aliphatic carbocycles. The van der Waals surface area contributed by atoms with Crippen LogP contribution in [0.1, 0.15) is 40.0 Å². The molecule has 2 nitrogen and oxygen atoms in total. The third-order valence-electron chi connectivity index (χ3n) is 3.77. The van der Waals surface area contributed by atoms with Crippen molar-refractivity contribution < 1.29 is 0 Å². The van der Waals surface area contributed by atoms with E-state index in [0.717, 1.165) is 6.04 Å². The molecular weight excluding hydrogens is 172 g/mol. The Hall–Kier alpha value is -0.0800. The summed E-state index contributed by atoms with van der Waals surface area (Å²) in [5.41, 5.74) is 0.370. The Kier molecular flexibility index (Phi) is 2.85. The number of nitrogens with zero attached hydrogens (tertiary/aromatic N) is 2. The van der Waals surface area contributed by atoms with E-state index >= 15 is 0 Å². The second-order valence-corrected chi connectivity index (χ2v) is 5.80. The van der Waals surface area contributed by atoms with Gasteiger partial charge in [0.05, 0.1) is 0 Å². The van der Waals surface area contributed by atoms with E-state index in [4.69, 9.17) is 0 Å². The Balaban J connectivity index is 1.88. The topological polar surface area (TPSA) is 6.48 Å². The standard InChI is InChI=1S/C12H24N2/c1-12(2,3)14-9-6-11(10-14)13-7-4-5-8-13/h11H,4-10H2,1-3H3. The van der Waals surface area contributed by atoms with Gasteiger partial charge in [0, 0.05) is 24.7 Å². The molecular formula is C12H24N2. The molecule has 2 heteroatoms. The van der Waals surface area contributed by atoms with Crippen LogP contribution < -0.4 is 0 Å². The Bertz CT molecular complexity index is 189. The quantitative estimate of drug-likeness (QED) is 0.632. The maximum absolute atomic E-state index is 2.70. The van der Waals surface area contributed by atoms with Gasteiger partial charge >= 0.3 is 0 Å². The lowest BCUT2D eigenvalue weighted by atomic mass is 10.1. The highest BCUT2D eigenvalue weighted by Gasteiger charge is 2.33.